The Morgan fingerprint density at radius 1 is 1.37 bits per heavy atom. The van der Waals surface area contributed by atoms with Crippen LogP contribution in [0.3, 0.4) is 0 Å². The summed E-state index contributed by atoms with van der Waals surface area (Å²) < 4.78 is 0. The van der Waals surface area contributed by atoms with Crippen LogP contribution >= 0.6 is 0 Å². The molecular formula is C17H22NYb-. The second-order valence-corrected chi connectivity index (χ2v) is 5.30. The second kappa shape index (κ2) is 7.81. The zero-order valence-electron chi connectivity index (χ0n) is 12.1. The van der Waals surface area contributed by atoms with E-state index in [2.05, 4.69) is 58.0 Å². The van der Waals surface area contributed by atoms with Crippen molar-refractivity contribution in [1.82, 2.24) is 0 Å². The first-order valence-electron chi connectivity index (χ1n) is 6.73. The number of para-hydroxylation sites is 1. The van der Waals surface area contributed by atoms with E-state index in [1.54, 1.807) is 5.92 Å². The normalized spacial score (nSPS) is 22.6. The van der Waals surface area contributed by atoms with Crippen molar-refractivity contribution in [3.05, 3.63) is 41.8 Å². The number of rotatable bonds is 2. The predicted molar refractivity (Wildman–Crippen MR) is 80.2 cm³/mol. The van der Waals surface area contributed by atoms with Gasteiger partial charge in [0.2, 0.25) is 0 Å². The summed E-state index contributed by atoms with van der Waals surface area (Å²) in [5, 5.41) is 0. The maximum absolute atomic E-state index is 4.88. The molecule has 1 aromatic carbocycles. The SMILES string of the molecule is C/C=C(/C)c1ccccc1N=C1C[C-](C)C(C)C1.[Yb]. The van der Waals surface area contributed by atoms with Crippen LogP contribution < -0.4 is 0 Å². The van der Waals surface area contributed by atoms with Crippen molar-refractivity contribution < 1.29 is 46.9 Å². The van der Waals surface area contributed by atoms with Gasteiger partial charge in [-0.25, -0.2) is 0 Å². The smallest absolute Gasteiger partial charge is 0.0702 e. The Balaban J connectivity index is 0.00000180. The largest absolute Gasteiger partial charge is 0.308 e. The van der Waals surface area contributed by atoms with Gasteiger partial charge in [-0.05, 0) is 37.6 Å². The molecule has 1 nitrogen and oxygen atoms in total. The van der Waals surface area contributed by atoms with Gasteiger partial charge in [-0.2, -0.15) is 12.8 Å². The van der Waals surface area contributed by atoms with E-state index in [4.69, 9.17) is 4.99 Å². The van der Waals surface area contributed by atoms with Gasteiger partial charge in [-0.1, -0.05) is 31.2 Å². The fourth-order valence-corrected chi connectivity index (χ4v) is 2.41. The summed E-state index contributed by atoms with van der Waals surface area (Å²) in [6.07, 6.45) is 4.34. The topological polar surface area (TPSA) is 12.4 Å². The molecular weight excluding hydrogens is 391 g/mol. The van der Waals surface area contributed by atoms with Crippen LogP contribution in [0.5, 0.6) is 0 Å². The van der Waals surface area contributed by atoms with Gasteiger partial charge in [0.25, 0.3) is 0 Å². The van der Waals surface area contributed by atoms with E-state index in [0.717, 1.165) is 18.5 Å². The van der Waals surface area contributed by atoms with Gasteiger partial charge < -0.3 is 5.92 Å². The van der Waals surface area contributed by atoms with Gasteiger partial charge in [-0.3, -0.25) is 4.99 Å². The number of hydrogen-bond acceptors (Lipinski definition) is 1. The number of benzene rings is 1. The van der Waals surface area contributed by atoms with E-state index >= 15 is 0 Å². The summed E-state index contributed by atoms with van der Waals surface area (Å²) >= 11 is 0. The minimum absolute atomic E-state index is 0. The molecule has 0 amide bonds. The van der Waals surface area contributed by atoms with Crippen LogP contribution in [0.4, 0.5) is 5.69 Å². The molecule has 0 saturated heterocycles. The number of hydrogen-bond donors (Lipinski definition) is 0. The number of nitrogens with zero attached hydrogens (tertiary/aromatic N) is 1. The van der Waals surface area contributed by atoms with Crippen molar-refractivity contribution in [1.29, 1.82) is 0 Å². The summed E-state index contributed by atoms with van der Waals surface area (Å²) in [5.41, 5.74) is 4.99. The fourth-order valence-electron chi connectivity index (χ4n) is 2.41. The van der Waals surface area contributed by atoms with Crippen LogP contribution in [0.15, 0.2) is 35.3 Å². The molecule has 0 heterocycles. The van der Waals surface area contributed by atoms with Crippen molar-refractivity contribution in [2.75, 3.05) is 0 Å². The molecule has 19 heavy (non-hydrogen) atoms. The number of aliphatic imine (C=N–C) groups is 1. The van der Waals surface area contributed by atoms with Crippen LogP contribution in [-0.4, -0.2) is 5.71 Å². The van der Waals surface area contributed by atoms with Crippen LogP contribution in [0.1, 0.15) is 46.1 Å². The zero-order chi connectivity index (χ0) is 13.1. The summed E-state index contributed by atoms with van der Waals surface area (Å²) in [6, 6.07) is 8.43. The van der Waals surface area contributed by atoms with E-state index < -0.39 is 0 Å². The molecule has 0 aromatic heterocycles. The summed E-state index contributed by atoms with van der Waals surface area (Å²) in [4.78, 5) is 4.88. The first kappa shape index (κ1) is 17.2. The van der Waals surface area contributed by atoms with Crippen molar-refractivity contribution in [3.63, 3.8) is 0 Å². The maximum atomic E-state index is 4.88. The van der Waals surface area contributed by atoms with Gasteiger partial charge in [0.1, 0.15) is 0 Å². The molecule has 1 fully saturated rings. The molecule has 2 heteroatoms. The third kappa shape index (κ3) is 4.31. The molecule has 1 saturated carbocycles. The Morgan fingerprint density at radius 2 is 2.05 bits per heavy atom. The molecule has 1 aromatic rings. The standard InChI is InChI=1S/C17H22N.Yb/c1-5-12(2)16-8-6-7-9-17(16)18-15-10-13(3)14(4)11-15;/h5-9,13H,10-11H2,1-4H3;/q-1;/b12-5-,18-15?;. The van der Waals surface area contributed by atoms with Crippen LogP contribution in [0.2, 0.25) is 0 Å². The van der Waals surface area contributed by atoms with E-state index in [1.807, 2.05) is 0 Å². The molecule has 1 unspecified atom stereocenters. The molecule has 1 aliphatic rings. The first-order chi connectivity index (χ1) is 8.61. The molecule has 0 spiro atoms. The van der Waals surface area contributed by atoms with Crippen molar-refractivity contribution >= 4 is 17.0 Å². The van der Waals surface area contributed by atoms with Gasteiger partial charge in [-0.15, -0.1) is 6.42 Å². The monoisotopic (exact) mass is 414 g/mol. The fraction of sp³-hybridized carbons (Fsp3) is 0.412. The number of allylic oxidation sites excluding steroid dienone is 2. The Bertz CT molecular complexity index is 476. The van der Waals surface area contributed by atoms with Crippen molar-refractivity contribution in [3.8, 4) is 0 Å². The van der Waals surface area contributed by atoms with Crippen LogP contribution in [0, 0.1) is 58.8 Å². The summed E-state index contributed by atoms with van der Waals surface area (Å²) in [6.45, 7) is 8.76. The average molecular weight is 413 g/mol. The molecule has 0 bridgehead atoms. The van der Waals surface area contributed by atoms with E-state index in [9.17, 15) is 0 Å². The average Bonchev–Trinajstić information content (AvgIpc) is 2.68. The maximum Gasteiger partial charge on any atom is 0.0702 e. The molecule has 0 aliphatic heterocycles. The van der Waals surface area contributed by atoms with Crippen molar-refractivity contribution in [2.24, 2.45) is 10.9 Å². The Labute approximate surface area is 155 Å². The molecule has 2 rings (SSSR count). The second-order valence-electron chi connectivity index (χ2n) is 5.30. The Kier molecular flexibility index (Phi) is 7.07. The third-order valence-corrected chi connectivity index (χ3v) is 3.91. The van der Waals surface area contributed by atoms with Crippen LogP contribution in [-0.2, 0) is 0 Å². The van der Waals surface area contributed by atoms with Gasteiger partial charge >= 0.3 is 0 Å². The van der Waals surface area contributed by atoms with Gasteiger partial charge in [0.05, 0.1) is 5.69 Å². The Morgan fingerprint density at radius 3 is 2.63 bits per heavy atom. The summed E-state index contributed by atoms with van der Waals surface area (Å²) in [7, 11) is 0. The first-order valence-corrected chi connectivity index (χ1v) is 6.73. The van der Waals surface area contributed by atoms with E-state index in [0.29, 0.717) is 5.92 Å². The van der Waals surface area contributed by atoms with Gasteiger partial charge in [0, 0.05) is 52.5 Å². The van der Waals surface area contributed by atoms with E-state index in [1.165, 1.54) is 16.8 Å². The predicted octanol–water partition coefficient (Wildman–Crippen LogP) is 5.21. The van der Waals surface area contributed by atoms with Crippen LogP contribution in [0.25, 0.3) is 5.57 Å². The minimum Gasteiger partial charge on any atom is -0.308 e. The van der Waals surface area contributed by atoms with Crippen molar-refractivity contribution in [2.45, 2.75) is 40.5 Å². The Hall–Kier alpha value is 0.149. The zero-order valence-corrected chi connectivity index (χ0v) is 13.8. The molecule has 110 valence electrons. The van der Waals surface area contributed by atoms with E-state index in [-0.39, 0.29) is 46.9 Å². The minimum atomic E-state index is 0. The molecule has 1 aliphatic carbocycles. The van der Waals surface area contributed by atoms with Gasteiger partial charge in [0.15, 0.2) is 0 Å². The third-order valence-electron chi connectivity index (χ3n) is 3.91. The molecule has 1 atom stereocenters. The molecule has 0 radical (unpaired) electrons. The summed E-state index contributed by atoms with van der Waals surface area (Å²) in [5.74, 6) is 2.26. The molecule has 0 N–H and O–H groups in total. The quantitative estimate of drug-likeness (QED) is 0.591.